The summed E-state index contributed by atoms with van der Waals surface area (Å²) < 4.78 is 39.3. The van der Waals surface area contributed by atoms with E-state index in [0.717, 1.165) is 12.8 Å². The molecule has 1 amide bonds. The van der Waals surface area contributed by atoms with Gasteiger partial charge in [0.25, 0.3) is 10.0 Å². The minimum absolute atomic E-state index is 0.148. The Morgan fingerprint density at radius 1 is 0.850 bits per heavy atom. The molecule has 40 heavy (non-hydrogen) atoms. The van der Waals surface area contributed by atoms with E-state index in [1.807, 2.05) is 6.07 Å². The van der Waals surface area contributed by atoms with Crippen molar-refractivity contribution in [3.05, 3.63) is 48.5 Å². The van der Waals surface area contributed by atoms with Gasteiger partial charge >= 0.3 is 0 Å². The molecule has 0 aromatic heterocycles. The molecule has 0 atom stereocenters. The largest absolute Gasteiger partial charge is 0.495 e. The lowest BCUT2D eigenvalue weighted by Crippen LogP contribution is -2.41. The van der Waals surface area contributed by atoms with Gasteiger partial charge in [-0.1, -0.05) is 89.0 Å². The zero-order valence-corrected chi connectivity index (χ0v) is 24.9. The van der Waals surface area contributed by atoms with Gasteiger partial charge in [-0.15, -0.1) is 0 Å². The number of hydrogen-bond donors (Lipinski definition) is 1. The number of fused-ring (bicyclic) bond motifs is 1. The molecule has 0 aliphatic carbocycles. The van der Waals surface area contributed by atoms with Gasteiger partial charge in [0.15, 0.2) is 0 Å². The Balaban J connectivity index is 1.47. The van der Waals surface area contributed by atoms with Crippen LogP contribution >= 0.6 is 0 Å². The van der Waals surface area contributed by atoms with Crippen LogP contribution in [0.3, 0.4) is 0 Å². The molecule has 2 aromatic rings. The molecule has 9 heteroatoms. The van der Waals surface area contributed by atoms with Crippen molar-refractivity contribution >= 4 is 33.1 Å². The van der Waals surface area contributed by atoms with Gasteiger partial charge in [0.1, 0.15) is 16.5 Å². The molecule has 2 aromatic carbocycles. The van der Waals surface area contributed by atoms with Crippen LogP contribution in [-0.4, -0.2) is 51.3 Å². The van der Waals surface area contributed by atoms with Gasteiger partial charge < -0.3 is 14.8 Å². The first-order chi connectivity index (χ1) is 19.5. The number of nitrogens with one attached hydrogen (secondary N) is 1. The molecule has 0 fully saturated rings. The number of anilines is 1. The summed E-state index contributed by atoms with van der Waals surface area (Å²) in [5, 5.41) is 2.81. The summed E-state index contributed by atoms with van der Waals surface area (Å²) in [5.41, 5.74) is 0.859. The van der Waals surface area contributed by atoms with E-state index in [9.17, 15) is 13.2 Å². The average Bonchev–Trinajstić information content (AvgIpc) is 2.94. The number of amides is 1. The van der Waals surface area contributed by atoms with Gasteiger partial charge in [-0.2, -0.15) is 0 Å². The lowest BCUT2D eigenvalue weighted by Gasteiger charge is -2.29. The summed E-state index contributed by atoms with van der Waals surface area (Å²) in [5.74, 6) is 0.344. The Labute approximate surface area is 240 Å². The maximum atomic E-state index is 13.5. The summed E-state index contributed by atoms with van der Waals surface area (Å²) >= 11 is 0. The maximum absolute atomic E-state index is 13.5. The smallest absolute Gasteiger partial charge is 0.267 e. The van der Waals surface area contributed by atoms with Crippen LogP contribution in [0.25, 0.3) is 0 Å². The highest BCUT2D eigenvalue weighted by Crippen LogP contribution is 2.33. The summed E-state index contributed by atoms with van der Waals surface area (Å²) in [7, 11) is -2.31. The molecule has 1 heterocycles. The molecular formula is C31H45N3O5S. The summed E-state index contributed by atoms with van der Waals surface area (Å²) in [6, 6.07) is 13.7. The van der Waals surface area contributed by atoms with E-state index >= 15 is 0 Å². The first-order valence-electron chi connectivity index (χ1n) is 14.7. The predicted octanol–water partition coefficient (Wildman–Crippen LogP) is 7.09. The lowest BCUT2D eigenvalue weighted by atomic mass is 10.1. The molecule has 1 aliphatic heterocycles. The first-order valence-corrected chi connectivity index (χ1v) is 16.1. The zero-order chi connectivity index (χ0) is 28.6. The molecular weight excluding hydrogens is 526 g/mol. The third-order valence-electron chi connectivity index (χ3n) is 6.96. The van der Waals surface area contributed by atoms with E-state index < -0.39 is 10.0 Å². The van der Waals surface area contributed by atoms with Crippen LogP contribution < -0.4 is 10.1 Å². The van der Waals surface area contributed by atoms with Crippen molar-refractivity contribution in [1.29, 1.82) is 0 Å². The fourth-order valence-electron chi connectivity index (χ4n) is 4.79. The van der Waals surface area contributed by atoms with Crippen molar-refractivity contribution in [3.8, 4) is 5.75 Å². The molecule has 0 bridgehead atoms. The number of carbonyl (C=O) groups is 1. The van der Waals surface area contributed by atoms with Crippen molar-refractivity contribution in [2.45, 2.75) is 88.9 Å². The van der Waals surface area contributed by atoms with Gasteiger partial charge in [-0.3, -0.25) is 9.10 Å². The molecule has 3 rings (SSSR count). The summed E-state index contributed by atoms with van der Waals surface area (Å²) in [4.78, 5) is 17.6. The number of ether oxygens (including phenoxy) is 2. The SMILES string of the molecule is CCCCCCCCCCCCOCCCN1C(CC(=O)Nc2ccccc2OC)=Nc2ccccc2S1(=O)=O. The van der Waals surface area contributed by atoms with Gasteiger partial charge in [-0.25, -0.2) is 13.4 Å². The number of hydrogen-bond acceptors (Lipinski definition) is 6. The Morgan fingerprint density at radius 3 is 2.20 bits per heavy atom. The molecule has 0 saturated carbocycles. The third-order valence-corrected chi connectivity index (χ3v) is 8.84. The van der Waals surface area contributed by atoms with E-state index in [2.05, 4.69) is 17.2 Å². The second-order valence-electron chi connectivity index (χ2n) is 10.1. The van der Waals surface area contributed by atoms with E-state index in [-0.39, 0.29) is 29.6 Å². The van der Waals surface area contributed by atoms with Gasteiger partial charge in [-0.05, 0) is 37.1 Å². The number of sulfonamides is 1. The number of carbonyl (C=O) groups excluding carboxylic acids is 1. The van der Waals surface area contributed by atoms with Crippen molar-refractivity contribution < 1.29 is 22.7 Å². The Morgan fingerprint density at radius 2 is 1.48 bits per heavy atom. The van der Waals surface area contributed by atoms with E-state index in [1.54, 1.807) is 42.5 Å². The highest BCUT2D eigenvalue weighted by molar-refractivity contribution is 7.90. The topological polar surface area (TPSA) is 97.3 Å². The molecule has 8 nitrogen and oxygen atoms in total. The highest BCUT2D eigenvalue weighted by Gasteiger charge is 2.34. The number of amidine groups is 1. The van der Waals surface area contributed by atoms with Crippen molar-refractivity contribution in [1.82, 2.24) is 4.31 Å². The van der Waals surface area contributed by atoms with Crippen LogP contribution in [0.15, 0.2) is 58.4 Å². The minimum Gasteiger partial charge on any atom is -0.495 e. The molecule has 0 spiro atoms. The summed E-state index contributed by atoms with van der Waals surface area (Å²) in [6.45, 7) is 3.56. The van der Waals surface area contributed by atoms with E-state index in [4.69, 9.17) is 9.47 Å². The van der Waals surface area contributed by atoms with E-state index in [1.165, 1.54) is 62.8 Å². The number of unbranched alkanes of at least 4 members (excludes halogenated alkanes) is 9. The molecule has 220 valence electrons. The predicted molar refractivity (Wildman–Crippen MR) is 161 cm³/mol. The highest BCUT2D eigenvalue weighted by atomic mass is 32.2. The lowest BCUT2D eigenvalue weighted by molar-refractivity contribution is -0.115. The maximum Gasteiger partial charge on any atom is 0.267 e. The standard InChI is InChI=1S/C31H45N3O5S/c1-3-4-5-6-7-8-9-10-11-16-23-39-24-17-22-34-30(32-27-19-13-15-21-29(27)40(34,36)37)25-31(35)33-26-18-12-14-20-28(26)38-2/h12-15,18-21H,3-11,16-17,22-25H2,1-2H3,(H,33,35). The number of methoxy groups -OCH3 is 1. The molecule has 0 unspecified atom stereocenters. The molecule has 1 N–H and O–H groups in total. The van der Waals surface area contributed by atoms with Crippen molar-refractivity contribution in [2.75, 3.05) is 32.2 Å². The number of aliphatic imine (C=N–C) groups is 1. The van der Waals surface area contributed by atoms with Gasteiger partial charge in [0.05, 0.1) is 24.9 Å². The van der Waals surface area contributed by atoms with E-state index in [0.29, 0.717) is 36.8 Å². The Hall–Kier alpha value is -2.91. The van der Waals surface area contributed by atoms with Gasteiger partial charge in [0.2, 0.25) is 5.91 Å². The molecule has 0 saturated heterocycles. The minimum atomic E-state index is -3.84. The first kappa shape index (κ1) is 31.6. The number of benzene rings is 2. The van der Waals surface area contributed by atoms with Crippen molar-refractivity contribution in [3.63, 3.8) is 0 Å². The van der Waals surface area contributed by atoms with Gasteiger partial charge in [0, 0.05) is 19.8 Å². The number of nitrogens with zero attached hydrogens (tertiary/aromatic N) is 2. The van der Waals surface area contributed by atoms with Crippen LogP contribution in [0.1, 0.15) is 84.0 Å². The zero-order valence-electron chi connectivity index (χ0n) is 24.1. The fourth-order valence-corrected chi connectivity index (χ4v) is 6.40. The molecule has 0 radical (unpaired) electrons. The number of para-hydroxylation sites is 3. The van der Waals surface area contributed by atoms with Crippen molar-refractivity contribution in [2.24, 2.45) is 4.99 Å². The van der Waals surface area contributed by atoms with Crippen LogP contribution in [0.4, 0.5) is 11.4 Å². The Bertz CT molecular complexity index is 1200. The molecule has 1 aliphatic rings. The average molecular weight is 572 g/mol. The monoisotopic (exact) mass is 571 g/mol. The van der Waals surface area contributed by atoms with Crippen LogP contribution in [0, 0.1) is 0 Å². The summed E-state index contributed by atoms with van der Waals surface area (Å²) in [6.07, 6.45) is 13.0. The van der Waals surface area contributed by atoms with Crippen LogP contribution in [-0.2, 0) is 19.6 Å². The van der Waals surface area contributed by atoms with Crippen LogP contribution in [0.5, 0.6) is 5.75 Å². The fraction of sp³-hybridized carbons (Fsp3) is 0.548. The normalized spacial score (nSPS) is 13.9. The number of rotatable bonds is 19. The third kappa shape index (κ3) is 9.63. The Kier molecular flexibility index (Phi) is 13.5. The second kappa shape index (κ2) is 17.0. The van der Waals surface area contributed by atoms with Crippen LogP contribution in [0.2, 0.25) is 0 Å². The second-order valence-corrected chi connectivity index (χ2v) is 12.0. The quantitative estimate of drug-likeness (QED) is 0.182.